The molecule has 0 saturated heterocycles. The van der Waals surface area contributed by atoms with E-state index in [9.17, 15) is 13.2 Å². The molecular formula is C15H24N2O3S. The molecule has 118 valence electrons. The van der Waals surface area contributed by atoms with Crippen molar-refractivity contribution in [1.29, 1.82) is 0 Å². The van der Waals surface area contributed by atoms with Gasteiger partial charge in [-0.3, -0.25) is 9.10 Å². The summed E-state index contributed by atoms with van der Waals surface area (Å²) in [7, 11) is -3.29. The summed E-state index contributed by atoms with van der Waals surface area (Å²) in [5.41, 5.74) is 1.11. The van der Waals surface area contributed by atoms with Crippen molar-refractivity contribution in [2.45, 2.75) is 40.2 Å². The van der Waals surface area contributed by atoms with Crippen molar-refractivity contribution in [3.05, 3.63) is 29.8 Å². The van der Waals surface area contributed by atoms with Gasteiger partial charge in [0.25, 0.3) is 5.91 Å². The van der Waals surface area contributed by atoms with Gasteiger partial charge < -0.3 is 5.32 Å². The minimum Gasteiger partial charge on any atom is -0.350 e. The summed E-state index contributed by atoms with van der Waals surface area (Å²) in [4.78, 5) is 12.0. The number of rotatable bonds is 7. The maximum atomic E-state index is 12.0. The third-order valence-electron chi connectivity index (χ3n) is 3.40. The van der Waals surface area contributed by atoms with Crippen LogP contribution in [0.2, 0.25) is 0 Å². The molecular weight excluding hydrogens is 288 g/mol. The van der Waals surface area contributed by atoms with Gasteiger partial charge in [-0.2, -0.15) is 0 Å². The number of anilines is 1. The van der Waals surface area contributed by atoms with E-state index in [1.165, 1.54) is 4.31 Å². The highest BCUT2D eigenvalue weighted by Crippen LogP contribution is 2.19. The second kappa shape index (κ2) is 7.45. The highest BCUT2D eigenvalue weighted by molar-refractivity contribution is 7.92. The number of sulfonamides is 1. The molecule has 0 bridgehead atoms. The zero-order valence-corrected chi connectivity index (χ0v) is 13.9. The molecule has 0 aliphatic heterocycles. The molecule has 5 nitrogen and oxygen atoms in total. The number of carbonyl (C=O) groups is 1. The number of nitrogens with zero attached hydrogens (tertiary/aromatic N) is 1. The Bertz CT molecular complexity index is 567. The van der Waals surface area contributed by atoms with Gasteiger partial charge in [-0.15, -0.1) is 0 Å². The minimum absolute atomic E-state index is 0.0527. The second-order valence-corrected chi connectivity index (χ2v) is 7.08. The number of benzene rings is 1. The van der Waals surface area contributed by atoms with Crippen LogP contribution in [0, 0.1) is 0 Å². The van der Waals surface area contributed by atoms with Gasteiger partial charge in [0.1, 0.15) is 0 Å². The van der Waals surface area contributed by atoms with Gasteiger partial charge in [0.05, 0.1) is 11.4 Å². The lowest BCUT2D eigenvalue weighted by Gasteiger charge is -2.22. The van der Waals surface area contributed by atoms with Crippen molar-refractivity contribution in [3.8, 4) is 0 Å². The number of hydrogen-bond acceptors (Lipinski definition) is 3. The minimum atomic E-state index is -3.29. The van der Waals surface area contributed by atoms with E-state index in [4.69, 9.17) is 0 Å². The van der Waals surface area contributed by atoms with Gasteiger partial charge in [-0.05, 0) is 51.5 Å². The maximum absolute atomic E-state index is 12.0. The molecule has 0 heterocycles. The third kappa shape index (κ3) is 4.46. The van der Waals surface area contributed by atoms with E-state index in [2.05, 4.69) is 5.32 Å². The molecule has 0 radical (unpaired) electrons. The molecule has 0 saturated carbocycles. The summed E-state index contributed by atoms with van der Waals surface area (Å²) in [5.74, 6) is -0.0887. The molecule has 1 unspecified atom stereocenters. The summed E-state index contributed by atoms with van der Waals surface area (Å²) in [6.07, 6.45) is 0.863. The fourth-order valence-electron chi connectivity index (χ4n) is 1.88. The van der Waals surface area contributed by atoms with Crippen LogP contribution in [0.25, 0.3) is 0 Å². The van der Waals surface area contributed by atoms with E-state index in [0.29, 0.717) is 17.8 Å². The second-order valence-electron chi connectivity index (χ2n) is 4.89. The van der Waals surface area contributed by atoms with Crippen molar-refractivity contribution in [2.24, 2.45) is 0 Å². The third-order valence-corrected chi connectivity index (χ3v) is 5.27. The average Bonchev–Trinajstić information content (AvgIpc) is 2.48. The Hall–Kier alpha value is -1.56. The van der Waals surface area contributed by atoms with Crippen molar-refractivity contribution in [1.82, 2.24) is 5.32 Å². The molecule has 0 spiro atoms. The van der Waals surface area contributed by atoms with Crippen LogP contribution < -0.4 is 9.62 Å². The Labute approximate surface area is 127 Å². The van der Waals surface area contributed by atoms with Crippen LogP contribution in [0.15, 0.2) is 24.3 Å². The first-order valence-corrected chi connectivity index (χ1v) is 8.87. The summed E-state index contributed by atoms with van der Waals surface area (Å²) >= 11 is 0. The Morgan fingerprint density at radius 2 is 1.76 bits per heavy atom. The van der Waals surface area contributed by atoms with E-state index < -0.39 is 10.0 Å². The van der Waals surface area contributed by atoms with Gasteiger partial charge in [-0.1, -0.05) is 6.92 Å². The summed E-state index contributed by atoms with van der Waals surface area (Å²) in [6.45, 7) is 7.72. The molecule has 21 heavy (non-hydrogen) atoms. The van der Waals surface area contributed by atoms with E-state index in [1.54, 1.807) is 38.1 Å². The van der Waals surface area contributed by atoms with Gasteiger partial charge in [0.2, 0.25) is 10.0 Å². The van der Waals surface area contributed by atoms with Crippen LogP contribution in [0.5, 0.6) is 0 Å². The van der Waals surface area contributed by atoms with Crippen LogP contribution in [0.3, 0.4) is 0 Å². The smallest absolute Gasteiger partial charge is 0.251 e. The highest BCUT2D eigenvalue weighted by atomic mass is 32.2. The Balaban J connectivity index is 2.94. The lowest BCUT2D eigenvalue weighted by Crippen LogP contribution is -2.33. The molecule has 1 atom stereocenters. The molecule has 1 N–H and O–H groups in total. The molecule has 1 aromatic carbocycles. The number of nitrogens with one attached hydrogen (secondary N) is 1. The molecule has 0 fully saturated rings. The normalized spacial score (nSPS) is 12.8. The molecule has 1 rings (SSSR count). The fraction of sp³-hybridized carbons (Fsp3) is 0.533. The summed E-state index contributed by atoms with van der Waals surface area (Å²) in [6, 6.07) is 6.76. The van der Waals surface area contributed by atoms with Crippen LogP contribution in [-0.4, -0.2) is 32.7 Å². The van der Waals surface area contributed by atoms with Gasteiger partial charge >= 0.3 is 0 Å². The first-order chi connectivity index (χ1) is 9.85. The summed E-state index contributed by atoms with van der Waals surface area (Å²) < 4.78 is 25.3. The molecule has 6 heteroatoms. The molecule has 0 aliphatic rings. The largest absolute Gasteiger partial charge is 0.350 e. The predicted molar refractivity (Wildman–Crippen MR) is 86.1 cm³/mol. The molecule has 1 aromatic rings. The van der Waals surface area contributed by atoms with Crippen molar-refractivity contribution in [2.75, 3.05) is 16.6 Å². The number of hydrogen-bond donors (Lipinski definition) is 1. The van der Waals surface area contributed by atoms with E-state index in [-0.39, 0.29) is 17.7 Å². The van der Waals surface area contributed by atoms with Crippen LogP contribution in [0.4, 0.5) is 5.69 Å². The molecule has 1 amide bonds. The number of amides is 1. The lowest BCUT2D eigenvalue weighted by atomic mass is 10.1. The zero-order chi connectivity index (χ0) is 16.0. The van der Waals surface area contributed by atoms with Crippen molar-refractivity contribution < 1.29 is 13.2 Å². The maximum Gasteiger partial charge on any atom is 0.251 e. The Morgan fingerprint density at radius 1 is 1.19 bits per heavy atom. The van der Waals surface area contributed by atoms with E-state index in [1.807, 2.05) is 13.8 Å². The summed E-state index contributed by atoms with van der Waals surface area (Å²) in [5, 5.41) is 2.88. The van der Waals surface area contributed by atoms with Crippen molar-refractivity contribution in [3.63, 3.8) is 0 Å². The standard InChI is InChI=1S/C15H24N2O3S/c1-5-12(4)16-15(18)13-8-10-14(11-9-13)17(6-2)21(19,20)7-3/h8-12H,5-7H2,1-4H3,(H,16,18). The molecule has 0 aromatic heterocycles. The molecule has 0 aliphatic carbocycles. The lowest BCUT2D eigenvalue weighted by molar-refractivity contribution is 0.0939. The van der Waals surface area contributed by atoms with Crippen LogP contribution >= 0.6 is 0 Å². The Morgan fingerprint density at radius 3 is 2.19 bits per heavy atom. The van der Waals surface area contributed by atoms with Gasteiger partial charge in [0, 0.05) is 18.2 Å². The Kier molecular flexibility index (Phi) is 6.20. The average molecular weight is 312 g/mol. The highest BCUT2D eigenvalue weighted by Gasteiger charge is 2.19. The quantitative estimate of drug-likeness (QED) is 0.840. The first-order valence-electron chi connectivity index (χ1n) is 7.27. The monoisotopic (exact) mass is 312 g/mol. The van der Waals surface area contributed by atoms with Crippen molar-refractivity contribution >= 4 is 21.6 Å². The van der Waals surface area contributed by atoms with Crippen LogP contribution in [-0.2, 0) is 10.0 Å². The first kappa shape index (κ1) is 17.5. The predicted octanol–water partition coefficient (Wildman–Crippen LogP) is 2.39. The SMILES string of the molecule is CCC(C)NC(=O)c1ccc(N(CC)S(=O)(=O)CC)cc1. The van der Waals surface area contributed by atoms with Gasteiger partial charge in [0.15, 0.2) is 0 Å². The van der Waals surface area contributed by atoms with E-state index >= 15 is 0 Å². The topological polar surface area (TPSA) is 66.5 Å². The zero-order valence-electron chi connectivity index (χ0n) is 13.1. The fourth-order valence-corrected chi connectivity index (χ4v) is 3.03. The van der Waals surface area contributed by atoms with Crippen LogP contribution in [0.1, 0.15) is 44.5 Å². The van der Waals surface area contributed by atoms with E-state index in [0.717, 1.165) is 6.42 Å². The van der Waals surface area contributed by atoms with Gasteiger partial charge in [-0.25, -0.2) is 8.42 Å². The number of carbonyl (C=O) groups excluding carboxylic acids is 1.